The molecule has 0 unspecified atom stereocenters. The number of carbonyl (C=O) groups excluding carboxylic acids is 2. The molecular formula is C25H31ClN6O3S. The number of aromatic nitrogens is 3. The summed E-state index contributed by atoms with van der Waals surface area (Å²) in [6, 6.07) is 12.5. The molecule has 3 amide bonds. The first-order valence-electron chi connectivity index (χ1n) is 11.5. The molecule has 4 N–H and O–H groups in total. The van der Waals surface area contributed by atoms with Gasteiger partial charge in [0.15, 0.2) is 0 Å². The molecule has 0 saturated carbocycles. The number of anilines is 2. The van der Waals surface area contributed by atoms with E-state index in [9.17, 15) is 9.59 Å². The Balaban J connectivity index is 1.47. The number of hydrogen-bond acceptors (Lipinski definition) is 6. The zero-order chi connectivity index (χ0) is 26.1. The van der Waals surface area contributed by atoms with Gasteiger partial charge in [0.25, 0.3) is 5.91 Å². The van der Waals surface area contributed by atoms with E-state index in [0.717, 1.165) is 35.5 Å². The van der Waals surface area contributed by atoms with Gasteiger partial charge in [-0.3, -0.25) is 10.1 Å². The Morgan fingerprint density at radius 3 is 2.56 bits per heavy atom. The fraction of sp³-hybridized carbons (Fsp3) is 0.360. The van der Waals surface area contributed by atoms with Crippen LogP contribution in [0.25, 0.3) is 5.69 Å². The molecule has 3 aromatic rings. The van der Waals surface area contributed by atoms with Crippen molar-refractivity contribution in [2.75, 3.05) is 28.9 Å². The molecule has 0 aliphatic heterocycles. The highest BCUT2D eigenvalue weighted by molar-refractivity contribution is 7.99. The van der Waals surface area contributed by atoms with E-state index < -0.39 is 12.5 Å². The Labute approximate surface area is 220 Å². The molecular weight excluding hydrogens is 500 g/mol. The monoisotopic (exact) mass is 530 g/mol. The second-order valence-electron chi connectivity index (χ2n) is 9.10. The van der Waals surface area contributed by atoms with Crippen molar-refractivity contribution < 1.29 is 14.7 Å². The Bertz CT molecular complexity index is 1180. The number of rotatable bonds is 10. The van der Waals surface area contributed by atoms with Crippen LogP contribution < -0.4 is 16.0 Å². The average Bonchev–Trinajstić information content (AvgIpc) is 3.26. The molecule has 0 saturated heterocycles. The number of thioether (sulfide) groups is 1. The van der Waals surface area contributed by atoms with Crippen molar-refractivity contribution in [3.8, 4) is 5.69 Å². The van der Waals surface area contributed by atoms with Crippen molar-refractivity contribution in [1.82, 2.24) is 20.1 Å². The van der Waals surface area contributed by atoms with Gasteiger partial charge in [-0.25, -0.2) is 14.5 Å². The van der Waals surface area contributed by atoms with Gasteiger partial charge in [0.1, 0.15) is 18.2 Å². The highest BCUT2D eigenvalue weighted by atomic mass is 35.5. The van der Waals surface area contributed by atoms with E-state index in [2.05, 4.69) is 41.7 Å². The molecule has 11 heteroatoms. The van der Waals surface area contributed by atoms with Gasteiger partial charge in [-0.05, 0) is 60.6 Å². The highest BCUT2D eigenvalue weighted by Crippen LogP contribution is 2.26. The molecule has 2 heterocycles. The Hall–Kier alpha value is -3.08. The molecule has 0 aliphatic rings. The number of nitrogens with zero attached hydrogens (tertiary/aromatic N) is 3. The largest absolute Gasteiger partial charge is 0.387 e. The van der Waals surface area contributed by atoms with Crippen molar-refractivity contribution in [3.05, 3.63) is 64.9 Å². The van der Waals surface area contributed by atoms with E-state index in [4.69, 9.17) is 21.8 Å². The molecule has 36 heavy (non-hydrogen) atoms. The van der Waals surface area contributed by atoms with Crippen molar-refractivity contribution in [2.45, 2.75) is 39.0 Å². The third kappa shape index (κ3) is 8.25. The van der Waals surface area contributed by atoms with Gasteiger partial charge in [0.2, 0.25) is 0 Å². The van der Waals surface area contributed by atoms with Crippen molar-refractivity contribution in [2.24, 2.45) is 0 Å². The number of urea groups is 1. The van der Waals surface area contributed by atoms with Crippen LogP contribution in [-0.2, 0) is 16.6 Å². The molecule has 0 radical (unpaired) electrons. The number of carbonyl (C=O) groups is 2. The van der Waals surface area contributed by atoms with Crippen LogP contribution in [-0.4, -0.2) is 50.0 Å². The van der Waals surface area contributed by atoms with Gasteiger partial charge in [0.05, 0.1) is 17.3 Å². The van der Waals surface area contributed by atoms with E-state index in [1.165, 1.54) is 0 Å². The predicted octanol–water partition coefficient (Wildman–Crippen LogP) is 4.59. The number of amides is 3. The third-order valence-corrected chi connectivity index (χ3v) is 6.29. The van der Waals surface area contributed by atoms with Crippen molar-refractivity contribution in [3.63, 3.8) is 0 Å². The summed E-state index contributed by atoms with van der Waals surface area (Å²) in [5, 5.41) is 22.5. The van der Waals surface area contributed by atoms with Crippen LogP contribution >= 0.6 is 23.4 Å². The Morgan fingerprint density at radius 1 is 1.11 bits per heavy atom. The first-order valence-corrected chi connectivity index (χ1v) is 13.0. The average molecular weight is 531 g/mol. The van der Waals surface area contributed by atoms with E-state index in [-0.39, 0.29) is 11.4 Å². The van der Waals surface area contributed by atoms with Gasteiger partial charge in [-0.2, -0.15) is 5.10 Å². The smallest absolute Gasteiger partial charge is 0.321 e. The third-order valence-electron chi connectivity index (χ3n) is 5.11. The second kappa shape index (κ2) is 12.8. The maximum Gasteiger partial charge on any atom is 0.321 e. The molecule has 2 aromatic heterocycles. The first kappa shape index (κ1) is 27.5. The normalized spacial score (nSPS) is 11.2. The highest BCUT2D eigenvalue weighted by Gasteiger charge is 2.21. The fourth-order valence-electron chi connectivity index (χ4n) is 3.22. The van der Waals surface area contributed by atoms with Crippen molar-refractivity contribution in [1.29, 1.82) is 0 Å². The van der Waals surface area contributed by atoms with Crippen LogP contribution in [0.2, 0.25) is 5.02 Å². The van der Waals surface area contributed by atoms with Crippen LogP contribution in [0.4, 0.5) is 16.4 Å². The standard InChI is InChI=1S/C25H31ClN6O3S/c1-25(2,3)20-14-22(32(31-20)19-8-6-18(26)7-9-19)30-24(35)28-16-36-12-4-5-17-10-11-27-21(13-17)29-23(34)15-33/h6-11,13-14,33H,4-5,12,15-16H2,1-3H3,(H,27,29,34)(H2,28,30,35). The van der Waals surface area contributed by atoms with Gasteiger partial charge >= 0.3 is 6.03 Å². The SMILES string of the molecule is CC(C)(C)c1cc(NC(=O)NCSCCCc2ccnc(NC(=O)CO)c2)n(-c2ccc(Cl)cc2)n1. The first-order chi connectivity index (χ1) is 17.2. The minimum atomic E-state index is -0.579. The maximum atomic E-state index is 12.6. The zero-order valence-electron chi connectivity index (χ0n) is 20.5. The number of pyridine rings is 1. The van der Waals surface area contributed by atoms with Crippen LogP contribution in [0.1, 0.15) is 38.4 Å². The van der Waals surface area contributed by atoms with E-state index in [1.807, 2.05) is 24.3 Å². The molecule has 192 valence electrons. The van der Waals surface area contributed by atoms with E-state index in [0.29, 0.717) is 22.5 Å². The lowest BCUT2D eigenvalue weighted by Crippen LogP contribution is -2.29. The Morgan fingerprint density at radius 2 is 1.86 bits per heavy atom. The van der Waals surface area contributed by atoms with E-state index in [1.54, 1.807) is 40.8 Å². The number of aliphatic hydroxyl groups excluding tert-OH is 1. The van der Waals surface area contributed by atoms with Gasteiger partial charge in [-0.15, -0.1) is 11.8 Å². The summed E-state index contributed by atoms with van der Waals surface area (Å²) >= 11 is 7.64. The van der Waals surface area contributed by atoms with Gasteiger partial charge in [-0.1, -0.05) is 32.4 Å². The molecule has 0 spiro atoms. The number of aliphatic hydroxyl groups is 1. The zero-order valence-corrected chi connectivity index (χ0v) is 22.1. The van der Waals surface area contributed by atoms with Gasteiger partial charge < -0.3 is 15.7 Å². The molecule has 1 aromatic carbocycles. The lowest BCUT2D eigenvalue weighted by Gasteiger charge is -2.14. The number of nitrogens with one attached hydrogen (secondary N) is 3. The molecule has 0 atom stereocenters. The molecule has 3 rings (SSSR count). The molecule has 0 bridgehead atoms. The summed E-state index contributed by atoms with van der Waals surface area (Å²) < 4.78 is 1.70. The quantitative estimate of drug-likeness (QED) is 0.225. The lowest BCUT2D eigenvalue weighted by molar-refractivity contribution is -0.118. The van der Waals surface area contributed by atoms with Crippen molar-refractivity contribution >= 4 is 46.9 Å². The van der Waals surface area contributed by atoms with Crippen LogP contribution in [0.5, 0.6) is 0 Å². The summed E-state index contributed by atoms with van der Waals surface area (Å²) in [5.41, 5.74) is 2.52. The van der Waals surface area contributed by atoms with Crippen LogP contribution in [0.15, 0.2) is 48.7 Å². The number of benzene rings is 1. The predicted molar refractivity (Wildman–Crippen MR) is 145 cm³/mol. The van der Waals surface area contributed by atoms with Crippen LogP contribution in [0, 0.1) is 0 Å². The summed E-state index contributed by atoms with van der Waals surface area (Å²) in [5.74, 6) is 1.81. The number of hydrogen-bond donors (Lipinski definition) is 4. The number of aryl methyl sites for hydroxylation is 1. The topological polar surface area (TPSA) is 121 Å². The summed E-state index contributed by atoms with van der Waals surface area (Å²) in [6.07, 6.45) is 3.32. The summed E-state index contributed by atoms with van der Waals surface area (Å²) in [4.78, 5) is 27.9. The Kier molecular flexibility index (Phi) is 9.74. The van der Waals surface area contributed by atoms with Crippen LogP contribution in [0.3, 0.4) is 0 Å². The number of halogens is 1. The summed E-state index contributed by atoms with van der Waals surface area (Å²) in [7, 11) is 0. The molecule has 0 aliphatic carbocycles. The minimum absolute atomic E-state index is 0.180. The van der Waals surface area contributed by atoms with E-state index >= 15 is 0 Å². The van der Waals surface area contributed by atoms with Gasteiger partial charge in [0, 0.05) is 22.7 Å². The fourth-order valence-corrected chi connectivity index (χ4v) is 4.08. The molecule has 0 fully saturated rings. The maximum absolute atomic E-state index is 12.6. The minimum Gasteiger partial charge on any atom is -0.387 e. The second-order valence-corrected chi connectivity index (χ2v) is 10.6. The summed E-state index contributed by atoms with van der Waals surface area (Å²) in [6.45, 7) is 5.63. The lowest BCUT2D eigenvalue weighted by atomic mass is 9.92. The molecule has 9 nitrogen and oxygen atoms in total.